The van der Waals surface area contributed by atoms with Crippen molar-refractivity contribution in [1.29, 1.82) is 0 Å². The Morgan fingerprint density at radius 1 is 1.28 bits per heavy atom. The SMILES string of the molecule is CCNCc1cccc(S(=O)(=O)NN(C)C)c1C. The third kappa shape index (κ3) is 3.78. The van der Waals surface area contributed by atoms with Crippen molar-refractivity contribution in [3.63, 3.8) is 0 Å². The Balaban J connectivity index is 3.10. The van der Waals surface area contributed by atoms with E-state index in [9.17, 15) is 8.42 Å². The molecule has 0 heterocycles. The molecule has 0 aliphatic rings. The van der Waals surface area contributed by atoms with Crippen LogP contribution in [-0.2, 0) is 16.6 Å². The van der Waals surface area contributed by atoms with Gasteiger partial charge in [0.15, 0.2) is 0 Å². The summed E-state index contributed by atoms with van der Waals surface area (Å²) in [6, 6.07) is 5.33. The zero-order valence-electron chi connectivity index (χ0n) is 11.3. The van der Waals surface area contributed by atoms with Gasteiger partial charge in [-0.05, 0) is 30.7 Å². The second-order valence-electron chi connectivity index (χ2n) is 4.31. The maximum absolute atomic E-state index is 12.1. The molecule has 0 bridgehead atoms. The van der Waals surface area contributed by atoms with Gasteiger partial charge in [0.2, 0.25) is 0 Å². The fraction of sp³-hybridized carbons (Fsp3) is 0.500. The molecule has 0 unspecified atom stereocenters. The standard InChI is InChI=1S/C12H21N3O2S/c1-5-13-9-11-7-6-8-12(10(11)2)18(16,17)14-15(3)4/h6-8,13-14H,5,9H2,1-4H3. The third-order valence-corrected chi connectivity index (χ3v) is 4.18. The molecular formula is C12H21N3O2S. The quantitative estimate of drug-likeness (QED) is 0.753. The molecule has 0 atom stereocenters. The van der Waals surface area contributed by atoms with Crippen LogP contribution >= 0.6 is 0 Å². The maximum atomic E-state index is 12.1. The molecule has 102 valence electrons. The number of sulfonamides is 1. The Morgan fingerprint density at radius 2 is 1.94 bits per heavy atom. The van der Waals surface area contributed by atoms with Crippen molar-refractivity contribution in [3.8, 4) is 0 Å². The molecule has 0 fully saturated rings. The predicted molar refractivity (Wildman–Crippen MR) is 72.6 cm³/mol. The molecule has 0 saturated carbocycles. The van der Waals surface area contributed by atoms with E-state index in [1.165, 1.54) is 5.01 Å². The van der Waals surface area contributed by atoms with Crippen molar-refractivity contribution in [3.05, 3.63) is 29.3 Å². The topological polar surface area (TPSA) is 61.4 Å². The van der Waals surface area contributed by atoms with Crippen molar-refractivity contribution in [2.45, 2.75) is 25.3 Å². The smallest absolute Gasteiger partial charge is 0.253 e. The molecule has 0 spiro atoms. The molecule has 0 saturated heterocycles. The number of nitrogens with zero attached hydrogens (tertiary/aromatic N) is 1. The van der Waals surface area contributed by atoms with E-state index in [2.05, 4.69) is 10.1 Å². The van der Waals surface area contributed by atoms with Crippen molar-refractivity contribution in [2.24, 2.45) is 0 Å². The van der Waals surface area contributed by atoms with Crippen molar-refractivity contribution in [2.75, 3.05) is 20.6 Å². The van der Waals surface area contributed by atoms with Crippen molar-refractivity contribution in [1.82, 2.24) is 15.2 Å². The lowest BCUT2D eigenvalue weighted by Gasteiger charge is -2.16. The number of benzene rings is 1. The minimum absolute atomic E-state index is 0.326. The van der Waals surface area contributed by atoms with Gasteiger partial charge in [0, 0.05) is 20.6 Å². The van der Waals surface area contributed by atoms with Crippen LogP contribution in [0.5, 0.6) is 0 Å². The van der Waals surface area contributed by atoms with E-state index in [-0.39, 0.29) is 0 Å². The second kappa shape index (κ2) is 6.29. The first-order valence-electron chi connectivity index (χ1n) is 5.87. The van der Waals surface area contributed by atoms with Crippen LogP contribution in [-0.4, -0.2) is 34.1 Å². The first kappa shape index (κ1) is 15.1. The van der Waals surface area contributed by atoms with Gasteiger partial charge in [0.05, 0.1) is 4.90 Å². The van der Waals surface area contributed by atoms with E-state index in [4.69, 9.17) is 0 Å². The highest BCUT2D eigenvalue weighted by molar-refractivity contribution is 7.89. The summed E-state index contributed by atoms with van der Waals surface area (Å²) in [5.74, 6) is 0. The average molecular weight is 271 g/mol. The van der Waals surface area contributed by atoms with Gasteiger partial charge >= 0.3 is 0 Å². The monoisotopic (exact) mass is 271 g/mol. The predicted octanol–water partition coefficient (Wildman–Crippen LogP) is 0.859. The Hall–Kier alpha value is -0.950. The third-order valence-electron chi connectivity index (χ3n) is 2.55. The average Bonchev–Trinajstić information content (AvgIpc) is 2.25. The highest BCUT2D eigenvalue weighted by Crippen LogP contribution is 2.18. The lowest BCUT2D eigenvalue weighted by Crippen LogP contribution is -2.36. The van der Waals surface area contributed by atoms with Crippen LogP contribution in [0.1, 0.15) is 18.1 Å². The number of hydrogen-bond donors (Lipinski definition) is 2. The highest BCUT2D eigenvalue weighted by Gasteiger charge is 2.18. The summed E-state index contributed by atoms with van der Waals surface area (Å²) < 4.78 is 24.2. The zero-order valence-corrected chi connectivity index (χ0v) is 12.1. The molecule has 0 aromatic heterocycles. The van der Waals surface area contributed by atoms with E-state index in [0.717, 1.165) is 17.7 Å². The largest absolute Gasteiger partial charge is 0.313 e. The summed E-state index contributed by atoms with van der Waals surface area (Å²) in [5.41, 5.74) is 1.78. The van der Waals surface area contributed by atoms with Crippen LogP contribution in [0.25, 0.3) is 0 Å². The van der Waals surface area contributed by atoms with Gasteiger partial charge in [0.1, 0.15) is 0 Å². The Kier molecular flexibility index (Phi) is 5.28. The molecule has 1 rings (SSSR count). The summed E-state index contributed by atoms with van der Waals surface area (Å²) >= 11 is 0. The molecule has 0 aliphatic carbocycles. The van der Waals surface area contributed by atoms with E-state index < -0.39 is 10.0 Å². The lowest BCUT2D eigenvalue weighted by molar-refractivity contribution is 0.364. The summed E-state index contributed by atoms with van der Waals surface area (Å²) in [6.07, 6.45) is 0. The zero-order chi connectivity index (χ0) is 13.8. The molecule has 1 aromatic carbocycles. The van der Waals surface area contributed by atoms with E-state index in [1.54, 1.807) is 26.2 Å². The Bertz CT molecular complexity index is 498. The van der Waals surface area contributed by atoms with E-state index >= 15 is 0 Å². The van der Waals surface area contributed by atoms with E-state index in [1.807, 2.05) is 19.9 Å². The van der Waals surface area contributed by atoms with Gasteiger partial charge < -0.3 is 5.32 Å². The number of hydrazine groups is 1. The highest BCUT2D eigenvalue weighted by atomic mass is 32.2. The van der Waals surface area contributed by atoms with Crippen LogP contribution in [0.3, 0.4) is 0 Å². The minimum Gasteiger partial charge on any atom is -0.313 e. The summed E-state index contributed by atoms with van der Waals surface area (Å²) in [4.78, 5) is 2.77. The summed E-state index contributed by atoms with van der Waals surface area (Å²) in [5, 5.41) is 4.62. The number of nitrogens with one attached hydrogen (secondary N) is 2. The first-order chi connectivity index (χ1) is 8.38. The van der Waals surface area contributed by atoms with Gasteiger partial charge in [-0.15, -0.1) is 4.83 Å². The molecule has 1 aromatic rings. The molecule has 0 aliphatic heterocycles. The Morgan fingerprint density at radius 3 is 2.50 bits per heavy atom. The molecule has 5 nitrogen and oxygen atoms in total. The van der Waals surface area contributed by atoms with Crippen molar-refractivity contribution >= 4 is 10.0 Å². The fourth-order valence-electron chi connectivity index (χ4n) is 1.69. The number of hydrogen-bond acceptors (Lipinski definition) is 4. The Labute approximate surface area is 109 Å². The molecular weight excluding hydrogens is 250 g/mol. The number of rotatable bonds is 6. The van der Waals surface area contributed by atoms with Crippen LogP contribution in [0.15, 0.2) is 23.1 Å². The van der Waals surface area contributed by atoms with E-state index in [0.29, 0.717) is 11.4 Å². The summed E-state index contributed by atoms with van der Waals surface area (Å²) in [7, 11) is -0.193. The molecule has 2 N–H and O–H groups in total. The van der Waals surface area contributed by atoms with Crippen molar-refractivity contribution < 1.29 is 8.42 Å². The first-order valence-corrected chi connectivity index (χ1v) is 7.35. The van der Waals surface area contributed by atoms with Gasteiger partial charge in [-0.3, -0.25) is 0 Å². The molecule has 0 radical (unpaired) electrons. The summed E-state index contributed by atoms with van der Waals surface area (Å²) in [6.45, 7) is 5.38. The van der Waals surface area contributed by atoms with Crippen LogP contribution in [0.4, 0.5) is 0 Å². The van der Waals surface area contributed by atoms with Gasteiger partial charge in [-0.25, -0.2) is 13.4 Å². The fourth-order valence-corrected chi connectivity index (χ4v) is 3.06. The lowest BCUT2D eigenvalue weighted by atomic mass is 10.1. The molecule has 0 amide bonds. The minimum atomic E-state index is -3.49. The molecule has 18 heavy (non-hydrogen) atoms. The van der Waals surface area contributed by atoms with Crippen LogP contribution in [0.2, 0.25) is 0 Å². The van der Waals surface area contributed by atoms with Gasteiger partial charge in [0.25, 0.3) is 10.0 Å². The van der Waals surface area contributed by atoms with Crippen LogP contribution in [0, 0.1) is 6.92 Å². The second-order valence-corrected chi connectivity index (χ2v) is 5.94. The normalized spacial score (nSPS) is 12.1. The maximum Gasteiger partial charge on any atom is 0.253 e. The molecule has 6 heteroatoms. The van der Waals surface area contributed by atoms with Gasteiger partial charge in [-0.1, -0.05) is 19.1 Å². The van der Waals surface area contributed by atoms with Crippen LogP contribution < -0.4 is 10.1 Å². The van der Waals surface area contributed by atoms with Gasteiger partial charge in [-0.2, -0.15) is 0 Å².